The Kier molecular flexibility index (Phi) is 5.95. The first kappa shape index (κ1) is 15.7. The maximum Gasteiger partial charge on any atom is 0.237 e. The van der Waals surface area contributed by atoms with E-state index in [4.69, 9.17) is 10.9 Å². The average Bonchev–Trinajstić information content (AvgIpc) is 2.21. The number of oxime groups is 1. The molecule has 0 heterocycles. The van der Waals surface area contributed by atoms with Crippen LogP contribution in [0.3, 0.4) is 0 Å². The van der Waals surface area contributed by atoms with E-state index in [0.717, 1.165) is 0 Å². The molecule has 0 radical (unpaired) electrons. The molecule has 0 aromatic carbocycles. The summed E-state index contributed by atoms with van der Waals surface area (Å²) in [5, 5.41) is 17.3. The second kappa shape index (κ2) is 6.44. The van der Waals surface area contributed by atoms with E-state index in [1.54, 1.807) is 6.92 Å². The Morgan fingerprint density at radius 1 is 1.41 bits per heavy atom. The molecule has 100 valence electrons. The smallest absolute Gasteiger partial charge is 0.237 e. The van der Waals surface area contributed by atoms with Gasteiger partial charge in [0.1, 0.15) is 5.84 Å². The van der Waals surface area contributed by atoms with Gasteiger partial charge in [-0.05, 0) is 27.7 Å². The van der Waals surface area contributed by atoms with Crippen molar-refractivity contribution in [2.24, 2.45) is 16.8 Å². The molecular weight excluding hydrogens is 220 g/mol. The van der Waals surface area contributed by atoms with E-state index in [2.05, 4.69) is 15.8 Å². The van der Waals surface area contributed by atoms with Crippen LogP contribution in [0.15, 0.2) is 5.16 Å². The molecule has 0 fully saturated rings. The largest absolute Gasteiger partial charge is 0.409 e. The Morgan fingerprint density at radius 3 is 2.35 bits per heavy atom. The van der Waals surface area contributed by atoms with Crippen molar-refractivity contribution in [2.45, 2.75) is 46.2 Å². The van der Waals surface area contributed by atoms with Gasteiger partial charge in [-0.15, -0.1) is 0 Å². The summed E-state index contributed by atoms with van der Waals surface area (Å²) in [6.07, 6.45) is 0. The number of amides is 1. The van der Waals surface area contributed by atoms with Gasteiger partial charge in [-0.1, -0.05) is 12.1 Å². The molecule has 0 saturated heterocycles. The van der Waals surface area contributed by atoms with E-state index in [0.29, 0.717) is 6.54 Å². The Hall–Kier alpha value is -1.30. The van der Waals surface area contributed by atoms with E-state index in [1.165, 1.54) is 0 Å². The predicted molar refractivity (Wildman–Crippen MR) is 67.9 cm³/mol. The summed E-state index contributed by atoms with van der Waals surface area (Å²) in [7, 11) is 0. The quantitative estimate of drug-likeness (QED) is 0.241. The first-order valence-electron chi connectivity index (χ1n) is 5.70. The van der Waals surface area contributed by atoms with Gasteiger partial charge in [0.05, 0.1) is 6.04 Å². The lowest BCUT2D eigenvalue weighted by atomic mass is 10.1. The lowest BCUT2D eigenvalue weighted by Gasteiger charge is -2.24. The third kappa shape index (κ3) is 6.78. The fourth-order valence-electron chi connectivity index (χ4n) is 1.13. The van der Waals surface area contributed by atoms with Gasteiger partial charge in [0.15, 0.2) is 0 Å². The van der Waals surface area contributed by atoms with Crippen LogP contribution in [0.5, 0.6) is 0 Å². The molecule has 0 aromatic rings. The Labute approximate surface area is 103 Å². The Balaban J connectivity index is 4.10. The topological polar surface area (TPSA) is 99.7 Å². The van der Waals surface area contributed by atoms with Gasteiger partial charge in [0.25, 0.3) is 0 Å². The summed E-state index contributed by atoms with van der Waals surface area (Å²) >= 11 is 0. The van der Waals surface area contributed by atoms with E-state index in [-0.39, 0.29) is 29.2 Å². The van der Waals surface area contributed by atoms with Crippen molar-refractivity contribution in [3.63, 3.8) is 0 Å². The summed E-state index contributed by atoms with van der Waals surface area (Å²) in [6.45, 7) is 9.86. The maximum absolute atomic E-state index is 11.7. The molecule has 1 amide bonds. The molecule has 5 N–H and O–H groups in total. The molecule has 0 rings (SSSR count). The second-order valence-corrected chi connectivity index (χ2v) is 5.30. The molecule has 0 saturated carbocycles. The van der Waals surface area contributed by atoms with Gasteiger partial charge < -0.3 is 21.6 Å². The molecule has 0 aromatic heterocycles. The number of nitrogens with two attached hydrogens (primary N) is 1. The average molecular weight is 244 g/mol. The highest BCUT2D eigenvalue weighted by molar-refractivity contribution is 5.83. The van der Waals surface area contributed by atoms with E-state index in [1.807, 2.05) is 27.7 Å². The van der Waals surface area contributed by atoms with Crippen LogP contribution in [0.2, 0.25) is 0 Å². The Morgan fingerprint density at radius 2 is 1.94 bits per heavy atom. The van der Waals surface area contributed by atoms with Crippen molar-refractivity contribution in [1.29, 1.82) is 0 Å². The fraction of sp³-hybridized carbons (Fsp3) is 0.818. The molecule has 0 spiro atoms. The molecule has 2 atom stereocenters. The summed E-state index contributed by atoms with van der Waals surface area (Å²) in [5.74, 6) is -0.0324. The fourth-order valence-corrected chi connectivity index (χ4v) is 1.13. The van der Waals surface area contributed by atoms with Gasteiger partial charge >= 0.3 is 0 Å². The number of nitrogens with zero attached hydrogens (tertiary/aromatic N) is 1. The third-order valence-electron chi connectivity index (χ3n) is 2.24. The number of amidine groups is 1. The number of hydrogen-bond donors (Lipinski definition) is 4. The summed E-state index contributed by atoms with van der Waals surface area (Å²) in [6, 6.07) is -0.317. The third-order valence-corrected chi connectivity index (χ3v) is 2.24. The van der Waals surface area contributed by atoms with Gasteiger partial charge in [-0.2, -0.15) is 0 Å². The molecule has 0 aliphatic carbocycles. The molecule has 0 bridgehead atoms. The highest BCUT2D eigenvalue weighted by atomic mass is 16.4. The van der Waals surface area contributed by atoms with Crippen LogP contribution in [0.25, 0.3) is 0 Å². The minimum atomic E-state index is -0.317. The molecule has 6 heteroatoms. The summed E-state index contributed by atoms with van der Waals surface area (Å²) < 4.78 is 0. The number of nitrogens with one attached hydrogen (secondary N) is 2. The monoisotopic (exact) mass is 244 g/mol. The molecular formula is C11H24N4O2. The summed E-state index contributed by atoms with van der Waals surface area (Å²) in [5.41, 5.74) is 5.19. The van der Waals surface area contributed by atoms with Crippen LogP contribution in [0.4, 0.5) is 0 Å². The molecule has 2 unspecified atom stereocenters. The summed E-state index contributed by atoms with van der Waals surface area (Å²) in [4.78, 5) is 11.7. The number of carbonyl (C=O) groups excluding carboxylic acids is 1. The van der Waals surface area contributed by atoms with E-state index in [9.17, 15) is 4.79 Å². The van der Waals surface area contributed by atoms with Crippen molar-refractivity contribution in [3.05, 3.63) is 0 Å². The minimum absolute atomic E-state index is 0.0655. The zero-order valence-electron chi connectivity index (χ0n) is 11.2. The maximum atomic E-state index is 11.7. The number of hydrogen-bond acceptors (Lipinski definition) is 4. The van der Waals surface area contributed by atoms with Gasteiger partial charge in [0, 0.05) is 18.0 Å². The first-order valence-corrected chi connectivity index (χ1v) is 5.70. The van der Waals surface area contributed by atoms with Crippen LogP contribution >= 0.6 is 0 Å². The zero-order chi connectivity index (χ0) is 13.6. The molecule has 0 aliphatic rings. The van der Waals surface area contributed by atoms with Crippen molar-refractivity contribution < 1.29 is 10.0 Å². The number of carbonyl (C=O) groups is 1. The van der Waals surface area contributed by atoms with Gasteiger partial charge in [-0.3, -0.25) is 4.79 Å². The molecule has 17 heavy (non-hydrogen) atoms. The van der Waals surface area contributed by atoms with E-state index < -0.39 is 0 Å². The minimum Gasteiger partial charge on any atom is -0.409 e. The molecule has 6 nitrogen and oxygen atoms in total. The van der Waals surface area contributed by atoms with Gasteiger partial charge in [0.2, 0.25) is 5.91 Å². The lowest BCUT2D eigenvalue weighted by molar-refractivity contribution is -0.124. The SMILES string of the molecule is CC(CNC(C)C(=O)NC(C)(C)C)C(N)=NO. The highest BCUT2D eigenvalue weighted by Gasteiger charge is 2.19. The molecule has 0 aliphatic heterocycles. The van der Waals surface area contributed by atoms with Crippen molar-refractivity contribution >= 4 is 11.7 Å². The Bertz CT molecular complexity index is 284. The van der Waals surface area contributed by atoms with Crippen LogP contribution in [-0.2, 0) is 4.79 Å². The van der Waals surface area contributed by atoms with Crippen LogP contribution in [0.1, 0.15) is 34.6 Å². The van der Waals surface area contributed by atoms with Crippen molar-refractivity contribution in [1.82, 2.24) is 10.6 Å². The lowest BCUT2D eigenvalue weighted by Crippen LogP contribution is -2.50. The standard InChI is InChI=1S/C11H24N4O2/c1-7(9(12)15-17)6-13-8(2)10(16)14-11(3,4)5/h7-8,13,17H,6H2,1-5H3,(H2,12,15)(H,14,16). The van der Waals surface area contributed by atoms with E-state index >= 15 is 0 Å². The van der Waals surface area contributed by atoms with Crippen LogP contribution < -0.4 is 16.4 Å². The second-order valence-electron chi connectivity index (χ2n) is 5.30. The zero-order valence-corrected chi connectivity index (χ0v) is 11.2. The van der Waals surface area contributed by atoms with Gasteiger partial charge in [-0.25, -0.2) is 0 Å². The van der Waals surface area contributed by atoms with Crippen LogP contribution in [0, 0.1) is 5.92 Å². The highest BCUT2D eigenvalue weighted by Crippen LogP contribution is 2.00. The predicted octanol–water partition coefficient (Wildman–Crippen LogP) is 0.262. The van der Waals surface area contributed by atoms with Crippen molar-refractivity contribution in [3.8, 4) is 0 Å². The number of rotatable bonds is 5. The van der Waals surface area contributed by atoms with Crippen molar-refractivity contribution in [2.75, 3.05) is 6.54 Å². The normalized spacial score (nSPS) is 16.4. The first-order chi connectivity index (χ1) is 7.67. The van der Waals surface area contributed by atoms with Crippen LogP contribution in [-0.4, -0.2) is 35.1 Å².